The van der Waals surface area contributed by atoms with E-state index in [-0.39, 0.29) is 17.1 Å². The topological polar surface area (TPSA) is 72.5 Å². The summed E-state index contributed by atoms with van der Waals surface area (Å²) in [5.41, 5.74) is 2.55. The Kier molecular flexibility index (Phi) is 6.96. The summed E-state index contributed by atoms with van der Waals surface area (Å²) in [6.45, 7) is 7.48. The molecule has 0 atom stereocenters. The molecule has 1 N–H and O–H groups in total. The molecule has 0 saturated heterocycles. The fourth-order valence-electron chi connectivity index (χ4n) is 2.49. The fraction of sp³-hybridized carbons (Fsp3) is 0.190. The molecular formula is C21H23NO4S. The average Bonchev–Trinajstić information content (AvgIpc) is 2.64. The van der Waals surface area contributed by atoms with Gasteiger partial charge in [0.25, 0.3) is 10.0 Å². The zero-order chi connectivity index (χ0) is 19.9. The van der Waals surface area contributed by atoms with E-state index >= 15 is 0 Å². The predicted molar refractivity (Wildman–Crippen MR) is 106 cm³/mol. The Morgan fingerprint density at radius 1 is 1.15 bits per heavy atom. The molecular weight excluding hydrogens is 362 g/mol. The van der Waals surface area contributed by atoms with Gasteiger partial charge < -0.3 is 4.74 Å². The van der Waals surface area contributed by atoms with Gasteiger partial charge in [0.2, 0.25) is 0 Å². The molecule has 5 nitrogen and oxygen atoms in total. The third-order valence-corrected chi connectivity index (χ3v) is 5.18. The molecule has 0 saturated carbocycles. The number of hydrogen-bond donors (Lipinski definition) is 1. The molecule has 0 aromatic heterocycles. The minimum atomic E-state index is -3.81. The fourth-order valence-corrected chi connectivity index (χ4v) is 3.40. The second kappa shape index (κ2) is 9.19. The Morgan fingerprint density at radius 3 is 2.44 bits per heavy atom. The van der Waals surface area contributed by atoms with Gasteiger partial charge in [0.05, 0.1) is 17.1 Å². The molecule has 2 aromatic rings. The maximum absolute atomic E-state index is 12.5. The first-order valence-electron chi connectivity index (χ1n) is 8.54. The van der Waals surface area contributed by atoms with E-state index in [2.05, 4.69) is 11.3 Å². The van der Waals surface area contributed by atoms with Gasteiger partial charge in [-0.05, 0) is 43.5 Å². The van der Waals surface area contributed by atoms with Crippen LogP contribution in [0, 0.1) is 6.92 Å². The molecule has 142 valence electrons. The van der Waals surface area contributed by atoms with Crippen molar-refractivity contribution in [2.75, 3.05) is 6.61 Å². The summed E-state index contributed by atoms with van der Waals surface area (Å²) < 4.78 is 32.6. The summed E-state index contributed by atoms with van der Waals surface area (Å²) in [5.74, 6) is -0.597. The number of carbonyl (C=O) groups excluding carboxylic acids is 1. The quantitative estimate of drug-likeness (QED) is 0.428. The molecule has 0 spiro atoms. The van der Waals surface area contributed by atoms with Gasteiger partial charge in [0.1, 0.15) is 0 Å². The van der Waals surface area contributed by atoms with Crippen molar-refractivity contribution in [3.05, 3.63) is 84.1 Å². The normalized spacial score (nSPS) is 11.7. The van der Waals surface area contributed by atoms with E-state index in [9.17, 15) is 13.2 Å². The highest BCUT2D eigenvalue weighted by atomic mass is 32.2. The van der Waals surface area contributed by atoms with Crippen molar-refractivity contribution in [2.24, 2.45) is 0 Å². The van der Waals surface area contributed by atoms with E-state index < -0.39 is 16.0 Å². The number of ether oxygens (including phenoxy) is 1. The summed E-state index contributed by atoms with van der Waals surface area (Å²) in [5, 5.41) is 0. The highest BCUT2D eigenvalue weighted by Crippen LogP contribution is 2.22. The molecule has 0 aliphatic heterocycles. The number of esters is 1. The first-order valence-corrected chi connectivity index (χ1v) is 10.0. The maximum Gasteiger partial charge on any atom is 0.340 e. The molecule has 0 bridgehead atoms. The minimum absolute atomic E-state index is 0.118. The molecule has 0 unspecified atom stereocenters. The summed E-state index contributed by atoms with van der Waals surface area (Å²) in [4.78, 5) is 12.6. The van der Waals surface area contributed by atoms with Crippen molar-refractivity contribution in [3.8, 4) is 0 Å². The molecule has 0 aliphatic carbocycles. The molecule has 0 radical (unpaired) electrons. The number of hydrogen-bond acceptors (Lipinski definition) is 4. The van der Waals surface area contributed by atoms with Crippen molar-refractivity contribution in [1.82, 2.24) is 4.72 Å². The molecule has 0 fully saturated rings. The SMILES string of the molecule is C=CCc1ccccc1/C(=C/NS(=O)(=O)c1ccc(C)cc1)C(=O)OCC. The van der Waals surface area contributed by atoms with E-state index in [4.69, 9.17) is 4.74 Å². The standard InChI is InChI=1S/C21H23NO4S/c1-4-8-17-9-6-7-10-19(17)20(21(23)26-5-2)15-22-27(24,25)18-13-11-16(3)12-14-18/h4,6-7,9-15,22H,1,5,8H2,2-3H3/b20-15-. The number of allylic oxidation sites excluding steroid dienone is 1. The highest BCUT2D eigenvalue weighted by Gasteiger charge is 2.19. The largest absolute Gasteiger partial charge is 0.462 e. The Bertz CT molecular complexity index is 944. The van der Waals surface area contributed by atoms with Gasteiger partial charge in [-0.25, -0.2) is 13.2 Å². The molecule has 2 rings (SSSR count). The number of rotatable bonds is 8. The van der Waals surface area contributed by atoms with E-state index in [0.717, 1.165) is 11.1 Å². The molecule has 0 aliphatic rings. The lowest BCUT2D eigenvalue weighted by molar-refractivity contribution is -0.136. The number of nitrogens with one attached hydrogen (secondary N) is 1. The van der Waals surface area contributed by atoms with Crippen LogP contribution in [0.25, 0.3) is 5.57 Å². The number of carbonyl (C=O) groups is 1. The van der Waals surface area contributed by atoms with Crippen molar-refractivity contribution >= 4 is 21.6 Å². The van der Waals surface area contributed by atoms with Crippen molar-refractivity contribution < 1.29 is 17.9 Å². The zero-order valence-electron chi connectivity index (χ0n) is 15.4. The van der Waals surface area contributed by atoms with Crippen LogP contribution in [0.5, 0.6) is 0 Å². The van der Waals surface area contributed by atoms with Crippen LogP contribution in [0.15, 0.2) is 72.3 Å². The Labute approximate surface area is 160 Å². The van der Waals surface area contributed by atoms with E-state index in [1.54, 1.807) is 37.3 Å². The van der Waals surface area contributed by atoms with Crippen LogP contribution >= 0.6 is 0 Å². The van der Waals surface area contributed by atoms with E-state index in [1.165, 1.54) is 18.3 Å². The molecule has 6 heteroatoms. The van der Waals surface area contributed by atoms with Gasteiger partial charge >= 0.3 is 5.97 Å². The molecule has 0 amide bonds. The van der Waals surface area contributed by atoms with Crippen LogP contribution in [-0.4, -0.2) is 21.0 Å². The van der Waals surface area contributed by atoms with Gasteiger partial charge in [-0.15, -0.1) is 6.58 Å². The second-order valence-corrected chi connectivity index (χ2v) is 7.58. The molecule has 0 heterocycles. The van der Waals surface area contributed by atoms with Crippen molar-refractivity contribution in [1.29, 1.82) is 0 Å². The van der Waals surface area contributed by atoms with Crippen LogP contribution in [0.3, 0.4) is 0 Å². The van der Waals surface area contributed by atoms with Crippen LogP contribution < -0.4 is 4.72 Å². The highest BCUT2D eigenvalue weighted by molar-refractivity contribution is 7.89. The molecule has 27 heavy (non-hydrogen) atoms. The van der Waals surface area contributed by atoms with E-state index in [0.29, 0.717) is 12.0 Å². The summed E-state index contributed by atoms with van der Waals surface area (Å²) >= 11 is 0. The Hall–Kier alpha value is -2.86. The number of aryl methyl sites for hydroxylation is 1. The van der Waals surface area contributed by atoms with Crippen molar-refractivity contribution in [3.63, 3.8) is 0 Å². The molecule has 2 aromatic carbocycles. The average molecular weight is 385 g/mol. The summed E-state index contributed by atoms with van der Waals surface area (Å²) in [6, 6.07) is 13.7. The lowest BCUT2D eigenvalue weighted by atomic mass is 9.98. The van der Waals surface area contributed by atoms with Crippen LogP contribution in [0.2, 0.25) is 0 Å². The number of sulfonamides is 1. The van der Waals surface area contributed by atoms with Gasteiger partial charge in [-0.3, -0.25) is 4.72 Å². The monoisotopic (exact) mass is 385 g/mol. The lowest BCUT2D eigenvalue weighted by Crippen LogP contribution is -2.20. The Balaban J connectivity index is 2.44. The van der Waals surface area contributed by atoms with Gasteiger partial charge in [-0.1, -0.05) is 48.0 Å². The van der Waals surface area contributed by atoms with Crippen molar-refractivity contribution in [2.45, 2.75) is 25.2 Å². The van der Waals surface area contributed by atoms with Crippen LogP contribution in [0.4, 0.5) is 0 Å². The minimum Gasteiger partial charge on any atom is -0.462 e. The third-order valence-electron chi connectivity index (χ3n) is 3.86. The van der Waals surface area contributed by atoms with Crippen LogP contribution in [0.1, 0.15) is 23.6 Å². The number of benzene rings is 2. The summed E-state index contributed by atoms with van der Waals surface area (Å²) in [7, 11) is -3.81. The maximum atomic E-state index is 12.5. The predicted octanol–water partition coefficient (Wildman–Crippen LogP) is 3.61. The first-order chi connectivity index (χ1) is 12.9. The smallest absolute Gasteiger partial charge is 0.340 e. The van der Waals surface area contributed by atoms with Crippen LogP contribution in [-0.2, 0) is 26.0 Å². The van der Waals surface area contributed by atoms with Gasteiger partial charge in [0.15, 0.2) is 0 Å². The summed E-state index contributed by atoms with van der Waals surface area (Å²) in [6.07, 6.45) is 3.45. The first kappa shape index (κ1) is 20.5. The van der Waals surface area contributed by atoms with Gasteiger partial charge in [0, 0.05) is 6.20 Å². The second-order valence-electron chi connectivity index (χ2n) is 5.86. The Morgan fingerprint density at radius 2 is 1.81 bits per heavy atom. The third kappa shape index (κ3) is 5.31. The van der Waals surface area contributed by atoms with E-state index in [1.807, 2.05) is 19.1 Å². The lowest BCUT2D eigenvalue weighted by Gasteiger charge is -2.12. The zero-order valence-corrected chi connectivity index (χ0v) is 16.3. The van der Waals surface area contributed by atoms with Gasteiger partial charge in [-0.2, -0.15) is 0 Å².